The number of piperidine rings is 1. The summed E-state index contributed by atoms with van der Waals surface area (Å²) in [5.41, 5.74) is 0.493. The molecule has 0 aromatic carbocycles. The number of fused-ring (bicyclic) bond motifs is 1. The lowest BCUT2D eigenvalue weighted by molar-refractivity contribution is 0.0988. The third-order valence-corrected chi connectivity index (χ3v) is 5.71. The topological polar surface area (TPSA) is 26.8 Å². The minimum Gasteiger partial charge on any atom is -0.324 e. The molecule has 0 bridgehead atoms. The van der Waals surface area contributed by atoms with Gasteiger partial charge in [-0.1, -0.05) is 13.8 Å². The van der Waals surface area contributed by atoms with Crippen molar-refractivity contribution in [1.82, 2.24) is 14.7 Å². The van der Waals surface area contributed by atoms with E-state index in [-0.39, 0.29) is 6.03 Å². The molecule has 1 saturated carbocycles. The van der Waals surface area contributed by atoms with E-state index in [1.54, 1.807) is 0 Å². The maximum Gasteiger partial charge on any atom is 0.320 e. The number of nitrogens with zero attached hydrogens (tertiary/aromatic N) is 3. The third-order valence-electron chi connectivity index (χ3n) is 5.71. The molecule has 0 aromatic heterocycles. The predicted molar refractivity (Wildman–Crippen MR) is 76.0 cm³/mol. The maximum atomic E-state index is 12.5. The van der Waals surface area contributed by atoms with E-state index >= 15 is 0 Å². The van der Waals surface area contributed by atoms with Gasteiger partial charge >= 0.3 is 6.03 Å². The van der Waals surface area contributed by atoms with Gasteiger partial charge in [0.05, 0.1) is 0 Å². The first-order valence-corrected chi connectivity index (χ1v) is 7.69. The van der Waals surface area contributed by atoms with E-state index in [0.717, 1.165) is 51.1 Å². The molecule has 4 nitrogen and oxygen atoms in total. The number of hydrogen-bond donors (Lipinski definition) is 0. The smallest absolute Gasteiger partial charge is 0.320 e. The van der Waals surface area contributed by atoms with Crippen LogP contribution in [0, 0.1) is 17.3 Å². The first kappa shape index (κ1) is 13.2. The van der Waals surface area contributed by atoms with Gasteiger partial charge in [-0.25, -0.2) is 4.79 Å². The van der Waals surface area contributed by atoms with E-state index in [4.69, 9.17) is 0 Å². The molecule has 3 aliphatic rings. The highest BCUT2D eigenvalue weighted by Gasteiger charge is 2.62. The van der Waals surface area contributed by atoms with Crippen LogP contribution in [0.25, 0.3) is 0 Å². The number of rotatable bonds is 1. The normalized spacial score (nSPS) is 33.7. The Morgan fingerprint density at radius 2 is 1.53 bits per heavy atom. The molecule has 108 valence electrons. The second kappa shape index (κ2) is 4.37. The standard InChI is InChI=1S/C15H27N3O/c1-11(2)16-5-7-17(8-6-16)14(19)18-9-12-13(10-18)15(12,3)4/h11-13H,5-10H2,1-4H3. The Hall–Kier alpha value is -0.770. The molecule has 2 unspecified atom stereocenters. The zero-order valence-electron chi connectivity index (χ0n) is 12.7. The van der Waals surface area contributed by atoms with E-state index in [9.17, 15) is 4.79 Å². The number of likely N-dealkylation sites (tertiary alicyclic amines) is 1. The van der Waals surface area contributed by atoms with Crippen LogP contribution in [0.5, 0.6) is 0 Å². The van der Waals surface area contributed by atoms with Crippen LogP contribution in [-0.4, -0.2) is 66.0 Å². The van der Waals surface area contributed by atoms with Gasteiger partial charge in [-0.05, 0) is 31.1 Å². The van der Waals surface area contributed by atoms with Crippen molar-refractivity contribution in [2.75, 3.05) is 39.3 Å². The lowest BCUT2D eigenvalue weighted by Gasteiger charge is -2.39. The van der Waals surface area contributed by atoms with Gasteiger partial charge in [0.25, 0.3) is 0 Å². The summed E-state index contributed by atoms with van der Waals surface area (Å²) in [6, 6.07) is 0.879. The largest absolute Gasteiger partial charge is 0.324 e. The van der Waals surface area contributed by atoms with Crippen molar-refractivity contribution in [2.24, 2.45) is 17.3 Å². The van der Waals surface area contributed by atoms with Crippen molar-refractivity contribution in [3.63, 3.8) is 0 Å². The first-order chi connectivity index (χ1) is 8.91. The molecule has 2 amide bonds. The van der Waals surface area contributed by atoms with Gasteiger partial charge in [-0.3, -0.25) is 4.90 Å². The molecule has 0 radical (unpaired) electrons. The fourth-order valence-corrected chi connectivity index (χ4v) is 3.92. The van der Waals surface area contributed by atoms with Crippen molar-refractivity contribution in [2.45, 2.75) is 33.7 Å². The average Bonchev–Trinajstić information content (AvgIpc) is 2.79. The second-order valence-corrected chi connectivity index (χ2v) is 7.34. The lowest BCUT2D eigenvalue weighted by Crippen LogP contribution is -2.54. The number of carbonyl (C=O) groups excluding carboxylic acids is 1. The minimum absolute atomic E-state index is 0.284. The van der Waals surface area contributed by atoms with Crippen LogP contribution in [0.1, 0.15) is 27.7 Å². The molecule has 0 spiro atoms. The van der Waals surface area contributed by atoms with Crippen molar-refractivity contribution in [3.05, 3.63) is 0 Å². The lowest BCUT2D eigenvalue weighted by atomic mass is 10.1. The van der Waals surface area contributed by atoms with Gasteiger partial charge < -0.3 is 9.80 Å². The number of carbonyl (C=O) groups is 1. The molecule has 0 aromatic rings. The van der Waals surface area contributed by atoms with Crippen LogP contribution in [0.15, 0.2) is 0 Å². The summed E-state index contributed by atoms with van der Waals surface area (Å²) < 4.78 is 0. The number of urea groups is 1. The summed E-state index contributed by atoms with van der Waals surface area (Å²) in [4.78, 5) is 19.1. The van der Waals surface area contributed by atoms with Crippen molar-refractivity contribution in [1.29, 1.82) is 0 Å². The highest BCUT2D eigenvalue weighted by Crippen LogP contribution is 2.61. The van der Waals surface area contributed by atoms with Crippen LogP contribution in [0.3, 0.4) is 0 Å². The molecule has 2 aliphatic heterocycles. The van der Waals surface area contributed by atoms with Crippen molar-refractivity contribution < 1.29 is 4.79 Å². The molecule has 4 heteroatoms. The van der Waals surface area contributed by atoms with Crippen LogP contribution in [-0.2, 0) is 0 Å². The molecular weight excluding hydrogens is 238 g/mol. The van der Waals surface area contributed by atoms with Gasteiger partial charge in [0.2, 0.25) is 0 Å². The van der Waals surface area contributed by atoms with Crippen molar-refractivity contribution in [3.8, 4) is 0 Å². The Bertz CT molecular complexity index is 358. The Morgan fingerprint density at radius 3 is 2.00 bits per heavy atom. The molecule has 2 heterocycles. The summed E-state index contributed by atoms with van der Waals surface area (Å²) in [6.07, 6.45) is 0. The highest BCUT2D eigenvalue weighted by molar-refractivity contribution is 5.75. The van der Waals surface area contributed by atoms with Gasteiger partial charge in [0, 0.05) is 45.3 Å². The summed E-state index contributed by atoms with van der Waals surface area (Å²) in [5, 5.41) is 0. The average molecular weight is 265 g/mol. The van der Waals surface area contributed by atoms with E-state index in [2.05, 4.69) is 42.4 Å². The fourth-order valence-electron chi connectivity index (χ4n) is 3.92. The van der Waals surface area contributed by atoms with Crippen LogP contribution < -0.4 is 0 Å². The molecule has 0 N–H and O–H groups in total. The van der Waals surface area contributed by atoms with Gasteiger partial charge in [0.15, 0.2) is 0 Å². The predicted octanol–water partition coefficient (Wildman–Crippen LogP) is 1.72. The zero-order chi connectivity index (χ0) is 13.8. The first-order valence-electron chi connectivity index (χ1n) is 7.69. The van der Waals surface area contributed by atoms with Gasteiger partial charge in [-0.15, -0.1) is 0 Å². The molecule has 1 aliphatic carbocycles. The Labute approximate surface area is 116 Å². The molecule has 19 heavy (non-hydrogen) atoms. The van der Waals surface area contributed by atoms with Crippen molar-refractivity contribution >= 4 is 6.03 Å². The van der Waals surface area contributed by atoms with Gasteiger partial charge in [-0.2, -0.15) is 0 Å². The Morgan fingerprint density at radius 1 is 1.00 bits per heavy atom. The van der Waals surface area contributed by atoms with Crippen LogP contribution >= 0.6 is 0 Å². The van der Waals surface area contributed by atoms with Gasteiger partial charge in [0.1, 0.15) is 0 Å². The maximum absolute atomic E-state index is 12.5. The fraction of sp³-hybridized carbons (Fsp3) is 0.933. The third kappa shape index (κ3) is 2.14. The number of amides is 2. The highest BCUT2D eigenvalue weighted by atomic mass is 16.2. The van der Waals surface area contributed by atoms with Crippen LogP contribution in [0.2, 0.25) is 0 Å². The molecule has 3 fully saturated rings. The quantitative estimate of drug-likeness (QED) is 0.722. The molecular formula is C15H27N3O. The Balaban J connectivity index is 1.51. The summed E-state index contributed by atoms with van der Waals surface area (Å²) in [6.45, 7) is 14.9. The van der Waals surface area contributed by atoms with E-state index in [0.29, 0.717) is 11.5 Å². The zero-order valence-corrected chi connectivity index (χ0v) is 12.7. The minimum atomic E-state index is 0.284. The second-order valence-electron chi connectivity index (χ2n) is 7.34. The molecule has 2 saturated heterocycles. The molecule has 2 atom stereocenters. The summed E-state index contributed by atoms with van der Waals surface area (Å²) in [7, 11) is 0. The summed E-state index contributed by atoms with van der Waals surface area (Å²) >= 11 is 0. The molecule has 3 rings (SSSR count). The monoisotopic (exact) mass is 265 g/mol. The van der Waals surface area contributed by atoms with E-state index in [1.165, 1.54) is 0 Å². The Kier molecular flexibility index (Phi) is 3.04. The number of piperazine rings is 1. The SMILES string of the molecule is CC(C)N1CCN(C(=O)N2CC3C(C2)C3(C)C)CC1. The van der Waals surface area contributed by atoms with E-state index in [1.807, 2.05) is 0 Å². The number of hydrogen-bond acceptors (Lipinski definition) is 2. The summed E-state index contributed by atoms with van der Waals surface area (Å²) in [5.74, 6) is 1.52. The van der Waals surface area contributed by atoms with Crippen LogP contribution in [0.4, 0.5) is 4.79 Å². The van der Waals surface area contributed by atoms with E-state index < -0.39 is 0 Å².